The maximum atomic E-state index is 13.3. The molecule has 116 valence electrons. The number of carbonyl (C=O) groups excluding carboxylic acids is 1. The number of amides is 1. The second-order valence-corrected chi connectivity index (χ2v) is 5.21. The molecule has 1 fully saturated rings. The Balaban J connectivity index is 2.06. The van der Waals surface area contributed by atoms with Crippen LogP contribution in [0.15, 0.2) is 18.2 Å². The Labute approximate surface area is 123 Å². The lowest BCUT2D eigenvalue weighted by atomic mass is 10.0. The standard InChI is InChI=1S/C15H21FN2O3/c1-10-7-11(3-4-12(10)16)14-8-18(5-6-21-14)15(19)13(17)9-20-2/h3-4,7,13-14H,5-6,8-9,17H2,1-2H3. The lowest BCUT2D eigenvalue weighted by molar-refractivity contribution is -0.141. The highest BCUT2D eigenvalue weighted by atomic mass is 19.1. The lowest BCUT2D eigenvalue weighted by Crippen LogP contribution is -2.50. The third kappa shape index (κ3) is 3.78. The van der Waals surface area contributed by atoms with Crippen molar-refractivity contribution in [1.29, 1.82) is 0 Å². The molecule has 0 aromatic heterocycles. The number of rotatable bonds is 4. The number of methoxy groups -OCH3 is 1. The number of benzene rings is 1. The second kappa shape index (κ2) is 6.98. The molecule has 21 heavy (non-hydrogen) atoms. The van der Waals surface area contributed by atoms with Gasteiger partial charge in [0.25, 0.3) is 0 Å². The quantitative estimate of drug-likeness (QED) is 0.900. The predicted molar refractivity (Wildman–Crippen MR) is 76.3 cm³/mol. The van der Waals surface area contributed by atoms with E-state index in [0.717, 1.165) is 5.56 Å². The fourth-order valence-corrected chi connectivity index (χ4v) is 2.40. The zero-order valence-corrected chi connectivity index (χ0v) is 12.3. The van der Waals surface area contributed by atoms with E-state index in [2.05, 4.69) is 0 Å². The van der Waals surface area contributed by atoms with Gasteiger partial charge in [0.15, 0.2) is 0 Å². The zero-order valence-electron chi connectivity index (χ0n) is 12.3. The average Bonchev–Trinajstić information content (AvgIpc) is 2.49. The Hall–Kier alpha value is -1.50. The van der Waals surface area contributed by atoms with Crippen LogP contribution in [0.25, 0.3) is 0 Å². The van der Waals surface area contributed by atoms with Crippen molar-refractivity contribution in [3.8, 4) is 0 Å². The molecular weight excluding hydrogens is 275 g/mol. The fourth-order valence-electron chi connectivity index (χ4n) is 2.40. The molecule has 1 amide bonds. The second-order valence-electron chi connectivity index (χ2n) is 5.21. The molecule has 1 heterocycles. The van der Waals surface area contributed by atoms with E-state index in [-0.39, 0.29) is 24.4 Å². The first-order valence-electron chi connectivity index (χ1n) is 6.94. The van der Waals surface area contributed by atoms with Crippen LogP contribution in [0.4, 0.5) is 4.39 Å². The molecule has 0 saturated carbocycles. The molecule has 1 aromatic rings. The summed E-state index contributed by atoms with van der Waals surface area (Å²) in [6.45, 7) is 3.26. The summed E-state index contributed by atoms with van der Waals surface area (Å²) in [4.78, 5) is 13.9. The lowest BCUT2D eigenvalue weighted by Gasteiger charge is -2.34. The van der Waals surface area contributed by atoms with Crippen molar-refractivity contribution in [3.63, 3.8) is 0 Å². The van der Waals surface area contributed by atoms with Gasteiger partial charge in [-0.25, -0.2) is 4.39 Å². The third-order valence-electron chi connectivity index (χ3n) is 3.60. The van der Waals surface area contributed by atoms with Crippen molar-refractivity contribution in [2.75, 3.05) is 33.4 Å². The van der Waals surface area contributed by atoms with E-state index < -0.39 is 6.04 Å². The van der Waals surface area contributed by atoms with Gasteiger partial charge in [-0.3, -0.25) is 4.79 Å². The number of halogens is 1. The van der Waals surface area contributed by atoms with E-state index in [1.165, 1.54) is 13.2 Å². The normalized spacial score (nSPS) is 20.4. The number of carbonyl (C=O) groups is 1. The maximum Gasteiger partial charge on any atom is 0.242 e. The summed E-state index contributed by atoms with van der Waals surface area (Å²) in [5.74, 6) is -0.395. The SMILES string of the molecule is COCC(N)C(=O)N1CCOC(c2ccc(F)c(C)c2)C1. The van der Waals surface area contributed by atoms with Crippen molar-refractivity contribution in [2.24, 2.45) is 5.73 Å². The van der Waals surface area contributed by atoms with Crippen LogP contribution in [-0.2, 0) is 14.3 Å². The molecule has 1 aliphatic heterocycles. The Morgan fingerprint density at radius 2 is 2.38 bits per heavy atom. The number of aryl methyl sites for hydroxylation is 1. The molecule has 2 rings (SSSR count). The Morgan fingerprint density at radius 1 is 1.62 bits per heavy atom. The molecule has 5 nitrogen and oxygen atoms in total. The molecule has 2 atom stereocenters. The summed E-state index contributed by atoms with van der Waals surface area (Å²) >= 11 is 0. The van der Waals surface area contributed by atoms with Crippen molar-refractivity contribution in [1.82, 2.24) is 4.90 Å². The van der Waals surface area contributed by atoms with Crippen molar-refractivity contribution in [2.45, 2.75) is 19.1 Å². The molecule has 1 aromatic carbocycles. The number of nitrogens with two attached hydrogens (primary N) is 1. The molecule has 6 heteroatoms. The zero-order chi connectivity index (χ0) is 15.4. The van der Waals surface area contributed by atoms with Gasteiger partial charge in [-0.05, 0) is 24.1 Å². The first kappa shape index (κ1) is 15.9. The third-order valence-corrected chi connectivity index (χ3v) is 3.60. The number of nitrogens with zero attached hydrogens (tertiary/aromatic N) is 1. The smallest absolute Gasteiger partial charge is 0.242 e. The molecule has 0 radical (unpaired) electrons. The average molecular weight is 296 g/mol. The van der Waals surface area contributed by atoms with Gasteiger partial charge in [-0.1, -0.05) is 12.1 Å². The maximum absolute atomic E-state index is 13.3. The topological polar surface area (TPSA) is 64.8 Å². The van der Waals surface area contributed by atoms with E-state index >= 15 is 0 Å². The molecule has 0 bridgehead atoms. The molecule has 0 spiro atoms. The van der Waals surface area contributed by atoms with Gasteiger partial charge < -0.3 is 20.1 Å². The summed E-state index contributed by atoms with van der Waals surface area (Å²) < 4.78 is 23.9. The van der Waals surface area contributed by atoms with E-state index in [9.17, 15) is 9.18 Å². The number of hydrogen-bond donors (Lipinski definition) is 1. The highest BCUT2D eigenvalue weighted by Crippen LogP contribution is 2.24. The Morgan fingerprint density at radius 3 is 3.05 bits per heavy atom. The van der Waals surface area contributed by atoms with Crippen LogP contribution >= 0.6 is 0 Å². The van der Waals surface area contributed by atoms with Crippen LogP contribution in [0.3, 0.4) is 0 Å². The van der Waals surface area contributed by atoms with Crippen molar-refractivity contribution < 1.29 is 18.7 Å². The van der Waals surface area contributed by atoms with Gasteiger partial charge in [0.2, 0.25) is 5.91 Å². The Kier molecular flexibility index (Phi) is 5.27. The van der Waals surface area contributed by atoms with Gasteiger partial charge in [-0.15, -0.1) is 0 Å². The predicted octanol–water partition coefficient (Wildman–Crippen LogP) is 1.01. The van der Waals surface area contributed by atoms with Gasteiger partial charge in [0.1, 0.15) is 18.0 Å². The highest BCUT2D eigenvalue weighted by Gasteiger charge is 2.28. The summed E-state index contributed by atoms with van der Waals surface area (Å²) in [5.41, 5.74) is 7.21. The van der Waals surface area contributed by atoms with Crippen LogP contribution in [0.2, 0.25) is 0 Å². The summed E-state index contributed by atoms with van der Waals surface area (Å²) in [7, 11) is 1.51. The van der Waals surface area contributed by atoms with Crippen LogP contribution in [0, 0.1) is 12.7 Å². The minimum Gasteiger partial charge on any atom is -0.383 e. The number of hydrogen-bond acceptors (Lipinski definition) is 4. The highest BCUT2D eigenvalue weighted by molar-refractivity contribution is 5.82. The molecule has 1 aliphatic rings. The van der Waals surface area contributed by atoms with E-state index in [1.54, 1.807) is 24.0 Å². The van der Waals surface area contributed by atoms with Crippen LogP contribution < -0.4 is 5.73 Å². The summed E-state index contributed by atoms with van der Waals surface area (Å²) in [5, 5.41) is 0. The molecule has 1 saturated heterocycles. The van der Waals surface area contributed by atoms with Gasteiger partial charge >= 0.3 is 0 Å². The van der Waals surface area contributed by atoms with Gasteiger partial charge in [-0.2, -0.15) is 0 Å². The van der Waals surface area contributed by atoms with Gasteiger partial charge in [0.05, 0.1) is 19.8 Å². The first-order chi connectivity index (χ1) is 10.0. The van der Waals surface area contributed by atoms with Crippen LogP contribution in [0.5, 0.6) is 0 Å². The molecule has 2 N–H and O–H groups in total. The summed E-state index contributed by atoms with van der Waals surface area (Å²) in [6.07, 6.45) is -0.253. The van der Waals surface area contributed by atoms with Crippen molar-refractivity contribution in [3.05, 3.63) is 35.1 Å². The monoisotopic (exact) mass is 296 g/mol. The Bertz CT molecular complexity index is 510. The molecule has 2 unspecified atom stereocenters. The van der Waals surface area contributed by atoms with E-state index in [1.807, 2.05) is 0 Å². The molecular formula is C15H21FN2O3. The van der Waals surface area contributed by atoms with Crippen LogP contribution in [-0.4, -0.2) is 50.3 Å². The van der Waals surface area contributed by atoms with E-state index in [0.29, 0.717) is 25.3 Å². The summed E-state index contributed by atoms with van der Waals surface area (Å²) in [6, 6.07) is 4.20. The van der Waals surface area contributed by atoms with Crippen molar-refractivity contribution >= 4 is 5.91 Å². The minimum absolute atomic E-state index is 0.149. The van der Waals surface area contributed by atoms with Crippen LogP contribution in [0.1, 0.15) is 17.2 Å². The van der Waals surface area contributed by atoms with E-state index in [4.69, 9.17) is 15.2 Å². The van der Waals surface area contributed by atoms with Gasteiger partial charge in [0, 0.05) is 13.7 Å². The largest absolute Gasteiger partial charge is 0.383 e. The number of morpholine rings is 1. The molecule has 0 aliphatic carbocycles. The number of ether oxygens (including phenoxy) is 2. The minimum atomic E-state index is -0.663. The first-order valence-corrected chi connectivity index (χ1v) is 6.94. The fraction of sp³-hybridized carbons (Fsp3) is 0.533.